The molecule has 0 saturated carbocycles. The van der Waals surface area contributed by atoms with Crippen LogP contribution in [-0.2, 0) is 0 Å². The van der Waals surface area contributed by atoms with Crippen LogP contribution in [0.25, 0.3) is 0 Å². The number of para-hydroxylation sites is 1. The molecular formula is C13H21ClN2O2. The number of hydrogen-bond acceptors (Lipinski definition) is 3. The molecule has 0 aliphatic carbocycles. The minimum absolute atomic E-state index is 0. The van der Waals surface area contributed by atoms with E-state index >= 15 is 0 Å². The Bertz CT molecular complexity index is 372. The molecule has 0 radical (unpaired) electrons. The Morgan fingerprint density at radius 1 is 1.44 bits per heavy atom. The van der Waals surface area contributed by atoms with E-state index in [9.17, 15) is 4.79 Å². The summed E-state index contributed by atoms with van der Waals surface area (Å²) in [6.45, 7) is 5.58. The third kappa shape index (κ3) is 4.94. The second-order valence-electron chi connectivity index (χ2n) is 3.98. The van der Waals surface area contributed by atoms with Crippen LogP contribution in [0.3, 0.4) is 0 Å². The van der Waals surface area contributed by atoms with Crippen molar-refractivity contribution in [3.05, 3.63) is 29.8 Å². The molecule has 1 atom stereocenters. The van der Waals surface area contributed by atoms with Gasteiger partial charge in [-0.3, -0.25) is 4.79 Å². The van der Waals surface area contributed by atoms with Gasteiger partial charge < -0.3 is 15.8 Å². The molecule has 4 nitrogen and oxygen atoms in total. The van der Waals surface area contributed by atoms with Crippen LogP contribution in [0.15, 0.2) is 24.3 Å². The Morgan fingerprint density at radius 2 is 2.11 bits per heavy atom. The summed E-state index contributed by atoms with van der Waals surface area (Å²) < 4.78 is 5.41. The van der Waals surface area contributed by atoms with Crippen molar-refractivity contribution in [1.82, 2.24) is 5.32 Å². The van der Waals surface area contributed by atoms with Crippen molar-refractivity contribution < 1.29 is 9.53 Å². The molecule has 1 unspecified atom stereocenters. The van der Waals surface area contributed by atoms with Gasteiger partial charge in [0.1, 0.15) is 5.75 Å². The minimum Gasteiger partial charge on any atom is -0.493 e. The number of hydrogen-bond donors (Lipinski definition) is 2. The first-order valence-electron chi connectivity index (χ1n) is 5.89. The Labute approximate surface area is 114 Å². The van der Waals surface area contributed by atoms with Crippen LogP contribution in [0.5, 0.6) is 5.75 Å². The molecule has 1 aromatic carbocycles. The van der Waals surface area contributed by atoms with Gasteiger partial charge in [-0.05, 0) is 31.5 Å². The maximum Gasteiger partial charge on any atom is 0.255 e. The van der Waals surface area contributed by atoms with E-state index in [1.165, 1.54) is 0 Å². The van der Waals surface area contributed by atoms with E-state index < -0.39 is 0 Å². The molecule has 0 spiro atoms. The molecule has 1 aromatic rings. The van der Waals surface area contributed by atoms with Crippen LogP contribution < -0.4 is 15.8 Å². The van der Waals surface area contributed by atoms with Crippen LogP contribution in [-0.4, -0.2) is 25.6 Å². The molecule has 0 heterocycles. The zero-order valence-corrected chi connectivity index (χ0v) is 11.6. The predicted molar refractivity (Wildman–Crippen MR) is 75.4 cm³/mol. The zero-order chi connectivity index (χ0) is 12.7. The molecule has 0 aliphatic rings. The normalized spacial score (nSPS) is 11.3. The fraction of sp³-hybridized carbons (Fsp3) is 0.462. The molecule has 0 bridgehead atoms. The van der Waals surface area contributed by atoms with Crippen molar-refractivity contribution in [1.29, 1.82) is 0 Å². The van der Waals surface area contributed by atoms with Gasteiger partial charge in [-0.2, -0.15) is 0 Å². The average molecular weight is 273 g/mol. The third-order valence-corrected chi connectivity index (χ3v) is 2.44. The Kier molecular flexibility index (Phi) is 8.16. The van der Waals surface area contributed by atoms with Crippen molar-refractivity contribution in [2.45, 2.75) is 13.8 Å². The lowest BCUT2D eigenvalue weighted by molar-refractivity contribution is 0.0945. The van der Waals surface area contributed by atoms with Crippen molar-refractivity contribution in [3.8, 4) is 5.75 Å². The van der Waals surface area contributed by atoms with Crippen molar-refractivity contribution in [3.63, 3.8) is 0 Å². The van der Waals surface area contributed by atoms with Crippen LogP contribution in [0.4, 0.5) is 0 Å². The van der Waals surface area contributed by atoms with Crippen LogP contribution in [0.2, 0.25) is 0 Å². The highest BCUT2D eigenvalue weighted by molar-refractivity contribution is 5.96. The number of benzene rings is 1. The molecule has 0 aromatic heterocycles. The summed E-state index contributed by atoms with van der Waals surface area (Å²) >= 11 is 0. The van der Waals surface area contributed by atoms with Gasteiger partial charge in [0, 0.05) is 6.54 Å². The van der Waals surface area contributed by atoms with E-state index in [0.717, 1.165) is 0 Å². The van der Waals surface area contributed by atoms with Gasteiger partial charge in [-0.25, -0.2) is 0 Å². The summed E-state index contributed by atoms with van der Waals surface area (Å²) in [6, 6.07) is 7.23. The largest absolute Gasteiger partial charge is 0.493 e. The van der Waals surface area contributed by atoms with Crippen LogP contribution in [0, 0.1) is 5.92 Å². The smallest absolute Gasteiger partial charge is 0.255 e. The molecule has 1 rings (SSSR count). The van der Waals surface area contributed by atoms with E-state index in [4.69, 9.17) is 10.5 Å². The first-order chi connectivity index (χ1) is 8.19. The minimum atomic E-state index is -0.116. The molecular weight excluding hydrogens is 252 g/mol. The van der Waals surface area contributed by atoms with E-state index in [-0.39, 0.29) is 24.2 Å². The number of ether oxygens (including phenoxy) is 1. The maximum atomic E-state index is 11.9. The molecule has 5 heteroatoms. The Morgan fingerprint density at radius 3 is 2.72 bits per heavy atom. The SMILES string of the molecule is CCOc1ccccc1C(=O)NCC(C)CN.Cl. The van der Waals surface area contributed by atoms with Crippen molar-refractivity contribution in [2.24, 2.45) is 11.7 Å². The molecule has 0 saturated heterocycles. The Balaban J connectivity index is 0.00000289. The summed E-state index contributed by atoms with van der Waals surface area (Å²) in [5.41, 5.74) is 6.07. The molecule has 1 amide bonds. The molecule has 102 valence electrons. The lowest BCUT2D eigenvalue weighted by Crippen LogP contribution is -2.31. The topological polar surface area (TPSA) is 64.3 Å². The van der Waals surface area contributed by atoms with E-state index in [1.54, 1.807) is 12.1 Å². The maximum absolute atomic E-state index is 11.9. The van der Waals surface area contributed by atoms with Crippen LogP contribution >= 0.6 is 12.4 Å². The standard InChI is InChI=1S/C13H20N2O2.ClH/c1-3-17-12-7-5-4-6-11(12)13(16)15-9-10(2)8-14;/h4-7,10H,3,8-9,14H2,1-2H3,(H,15,16);1H. The number of carbonyl (C=O) groups is 1. The second-order valence-corrected chi connectivity index (χ2v) is 3.98. The Hall–Kier alpha value is -1.26. The highest BCUT2D eigenvalue weighted by atomic mass is 35.5. The monoisotopic (exact) mass is 272 g/mol. The van der Waals surface area contributed by atoms with Gasteiger partial charge >= 0.3 is 0 Å². The predicted octanol–water partition coefficient (Wildman–Crippen LogP) is 1.83. The number of nitrogens with two attached hydrogens (primary N) is 1. The van der Waals surface area contributed by atoms with Gasteiger partial charge in [0.05, 0.1) is 12.2 Å². The highest BCUT2D eigenvalue weighted by Gasteiger charge is 2.11. The molecule has 18 heavy (non-hydrogen) atoms. The first kappa shape index (κ1) is 16.7. The highest BCUT2D eigenvalue weighted by Crippen LogP contribution is 2.17. The molecule has 3 N–H and O–H groups in total. The lowest BCUT2D eigenvalue weighted by atomic mass is 10.1. The first-order valence-corrected chi connectivity index (χ1v) is 5.89. The molecule has 0 aliphatic heterocycles. The fourth-order valence-corrected chi connectivity index (χ4v) is 1.38. The summed E-state index contributed by atoms with van der Waals surface area (Å²) in [7, 11) is 0. The second kappa shape index (κ2) is 8.78. The van der Waals surface area contributed by atoms with Gasteiger partial charge in [0.2, 0.25) is 0 Å². The van der Waals surface area contributed by atoms with E-state index in [0.29, 0.717) is 31.0 Å². The number of nitrogens with one attached hydrogen (secondary N) is 1. The number of rotatable bonds is 6. The number of amides is 1. The number of carbonyl (C=O) groups excluding carboxylic acids is 1. The summed E-state index contributed by atoms with van der Waals surface area (Å²) in [5, 5.41) is 2.85. The summed E-state index contributed by atoms with van der Waals surface area (Å²) in [4.78, 5) is 11.9. The summed E-state index contributed by atoms with van der Waals surface area (Å²) in [5.74, 6) is 0.778. The lowest BCUT2D eigenvalue weighted by Gasteiger charge is -2.12. The van der Waals surface area contributed by atoms with Gasteiger partial charge in [0.25, 0.3) is 5.91 Å². The van der Waals surface area contributed by atoms with Gasteiger partial charge in [-0.15, -0.1) is 12.4 Å². The summed E-state index contributed by atoms with van der Waals surface area (Å²) in [6.07, 6.45) is 0. The van der Waals surface area contributed by atoms with Gasteiger partial charge in [0.15, 0.2) is 0 Å². The van der Waals surface area contributed by atoms with Crippen molar-refractivity contribution >= 4 is 18.3 Å². The quantitative estimate of drug-likeness (QED) is 0.830. The average Bonchev–Trinajstić information content (AvgIpc) is 2.36. The van der Waals surface area contributed by atoms with E-state index in [1.807, 2.05) is 26.0 Å². The van der Waals surface area contributed by atoms with Crippen molar-refractivity contribution in [2.75, 3.05) is 19.7 Å². The van der Waals surface area contributed by atoms with Crippen LogP contribution in [0.1, 0.15) is 24.2 Å². The van der Waals surface area contributed by atoms with Gasteiger partial charge in [-0.1, -0.05) is 19.1 Å². The third-order valence-electron chi connectivity index (χ3n) is 2.44. The zero-order valence-electron chi connectivity index (χ0n) is 10.8. The number of halogens is 1. The fourth-order valence-electron chi connectivity index (χ4n) is 1.38. The van der Waals surface area contributed by atoms with E-state index in [2.05, 4.69) is 5.32 Å². The molecule has 0 fully saturated rings.